The second-order valence-electron chi connectivity index (χ2n) is 3.05. The minimum atomic E-state index is -4.34. The summed E-state index contributed by atoms with van der Waals surface area (Å²) < 4.78 is 36.7. The predicted molar refractivity (Wildman–Crippen MR) is 35.2 cm³/mol. The van der Waals surface area contributed by atoms with Crippen molar-refractivity contribution in [1.82, 2.24) is 10.9 Å². The van der Waals surface area contributed by atoms with E-state index >= 15 is 0 Å². The zero-order valence-electron chi connectivity index (χ0n) is 6.40. The maximum atomic E-state index is 12.2. The summed E-state index contributed by atoms with van der Waals surface area (Å²) in [4.78, 5) is 10.2. The zero-order valence-corrected chi connectivity index (χ0v) is 6.40. The highest BCUT2D eigenvalue weighted by molar-refractivity contribution is 5.58. The van der Waals surface area contributed by atoms with Gasteiger partial charge in [-0.3, -0.25) is 0 Å². The van der Waals surface area contributed by atoms with E-state index in [4.69, 9.17) is 0 Å². The van der Waals surface area contributed by atoms with Crippen molar-refractivity contribution in [3.05, 3.63) is 0 Å². The number of rotatable bonds is 1. The normalized spacial score (nSPS) is 36.8. The molecule has 1 saturated heterocycles. The summed E-state index contributed by atoms with van der Waals surface area (Å²) in [6.45, 7) is 1.02. The number of halogens is 3. The van der Waals surface area contributed by atoms with Crippen molar-refractivity contribution in [2.75, 3.05) is 0 Å². The summed E-state index contributed by atoms with van der Waals surface area (Å²) >= 11 is 0. The van der Waals surface area contributed by atoms with E-state index in [1.54, 1.807) is 0 Å². The lowest BCUT2D eigenvalue weighted by Crippen LogP contribution is -2.52. The molecule has 3 nitrogen and oxygen atoms in total. The van der Waals surface area contributed by atoms with E-state index in [0.717, 1.165) is 6.92 Å². The standard InChI is InChI=1S/C6H9F3N2O/c1-5(6(7,8)9)2-4(3-12)10-11-5/h3-4,10-11H,2H2,1H3. The molecule has 1 aliphatic heterocycles. The Balaban J connectivity index is 2.70. The number of hydrogen-bond acceptors (Lipinski definition) is 3. The van der Waals surface area contributed by atoms with Gasteiger partial charge in [0.15, 0.2) is 0 Å². The van der Waals surface area contributed by atoms with Crippen LogP contribution in [0, 0.1) is 0 Å². The Bertz CT molecular complexity index is 194. The van der Waals surface area contributed by atoms with Gasteiger partial charge in [0, 0.05) is 0 Å². The van der Waals surface area contributed by atoms with E-state index in [2.05, 4.69) is 10.9 Å². The molecule has 0 amide bonds. The summed E-state index contributed by atoms with van der Waals surface area (Å²) in [6.07, 6.45) is -4.14. The molecule has 0 aliphatic carbocycles. The molecule has 0 radical (unpaired) electrons. The van der Waals surface area contributed by atoms with Crippen LogP contribution in [0.1, 0.15) is 13.3 Å². The molecule has 0 bridgehead atoms. The average Bonchev–Trinajstić information content (AvgIpc) is 2.31. The molecule has 2 N–H and O–H groups in total. The first kappa shape index (κ1) is 9.47. The lowest BCUT2D eigenvalue weighted by atomic mass is 9.96. The number of hydrazine groups is 1. The topological polar surface area (TPSA) is 41.1 Å². The quantitative estimate of drug-likeness (QED) is 0.576. The highest BCUT2D eigenvalue weighted by Gasteiger charge is 2.55. The van der Waals surface area contributed by atoms with Gasteiger partial charge < -0.3 is 4.79 Å². The Labute approximate surface area is 67.3 Å². The van der Waals surface area contributed by atoms with E-state index in [1.807, 2.05) is 0 Å². The third-order valence-electron chi connectivity index (χ3n) is 1.95. The van der Waals surface area contributed by atoms with Crippen LogP contribution in [0.2, 0.25) is 0 Å². The summed E-state index contributed by atoms with van der Waals surface area (Å²) in [5.74, 6) is 0. The molecule has 12 heavy (non-hydrogen) atoms. The molecule has 1 aliphatic rings. The Kier molecular flexibility index (Phi) is 2.13. The van der Waals surface area contributed by atoms with E-state index in [9.17, 15) is 18.0 Å². The van der Waals surface area contributed by atoms with Gasteiger partial charge in [0.2, 0.25) is 0 Å². The van der Waals surface area contributed by atoms with E-state index in [-0.39, 0.29) is 6.42 Å². The lowest BCUT2D eigenvalue weighted by Gasteiger charge is -2.26. The molecule has 0 spiro atoms. The maximum absolute atomic E-state index is 12.2. The Morgan fingerprint density at radius 2 is 2.17 bits per heavy atom. The number of carbonyl (C=O) groups excluding carboxylic acids is 1. The molecule has 1 heterocycles. The zero-order chi connectivity index (χ0) is 9.41. The van der Waals surface area contributed by atoms with Crippen LogP contribution in [0.3, 0.4) is 0 Å². The van der Waals surface area contributed by atoms with Crippen molar-refractivity contribution in [1.29, 1.82) is 0 Å². The van der Waals surface area contributed by atoms with Crippen LogP contribution in [0.25, 0.3) is 0 Å². The monoisotopic (exact) mass is 182 g/mol. The third kappa shape index (κ3) is 1.44. The van der Waals surface area contributed by atoms with Gasteiger partial charge in [-0.25, -0.2) is 10.9 Å². The number of aldehydes is 1. The van der Waals surface area contributed by atoms with E-state index < -0.39 is 17.8 Å². The summed E-state index contributed by atoms with van der Waals surface area (Å²) in [6, 6.07) is -0.753. The van der Waals surface area contributed by atoms with Gasteiger partial charge in [0.25, 0.3) is 0 Å². The summed E-state index contributed by atoms with van der Waals surface area (Å²) in [5, 5.41) is 0. The number of carbonyl (C=O) groups is 1. The van der Waals surface area contributed by atoms with Crippen LogP contribution in [0.5, 0.6) is 0 Å². The molecule has 2 unspecified atom stereocenters. The van der Waals surface area contributed by atoms with Crippen LogP contribution in [0.4, 0.5) is 13.2 Å². The molecule has 1 fully saturated rings. The van der Waals surface area contributed by atoms with E-state index in [0.29, 0.717) is 6.29 Å². The van der Waals surface area contributed by atoms with Crippen LogP contribution in [-0.4, -0.2) is 24.0 Å². The molecular weight excluding hydrogens is 173 g/mol. The van der Waals surface area contributed by atoms with Gasteiger partial charge in [-0.2, -0.15) is 13.2 Å². The van der Waals surface area contributed by atoms with E-state index in [1.165, 1.54) is 0 Å². The van der Waals surface area contributed by atoms with Crippen molar-refractivity contribution < 1.29 is 18.0 Å². The molecule has 70 valence electrons. The van der Waals surface area contributed by atoms with Crippen molar-refractivity contribution in [2.45, 2.75) is 31.1 Å². The first-order valence-corrected chi connectivity index (χ1v) is 3.44. The Morgan fingerprint density at radius 1 is 1.58 bits per heavy atom. The Hall–Kier alpha value is -0.620. The number of alkyl halides is 3. The number of nitrogens with one attached hydrogen (secondary N) is 2. The Morgan fingerprint density at radius 3 is 2.42 bits per heavy atom. The fourth-order valence-corrected chi connectivity index (χ4v) is 1.06. The van der Waals surface area contributed by atoms with Crippen molar-refractivity contribution in [3.63, 3.8) is 0 Å². The highest BCUT2D eigenvalue weighted by atomic mass is 19.4. The first-order valence-electron chi connectivity index (χ1n) is 3.44. The minimum Gasteiger partial charge on any atom is -0.302 e. The average molecular weight is 182 g/mol. The third-order valence-corrected chi connectivity index (χ3v) is 1.95. The van der Waals surface area contributed by atoms with Gasteiger partial charge in [-0.05, 0) is 13.3 Å². The fraction of sp³-hybridized carbons (Fsp3) is 0.833. The summed E-state index contributed by atoms with van der Waals surface area (Å²) in [5.41, 5.74) is 2.35. The van der Waals surface area contributed by atoms with Crippen LogP contribution in [-0.2, 0) is 4.79 Å². The lowest BCUT2D eigenvalue weighted by molar-refractivity contribution is -0.187. The fourth-order valence-electron chi connectivity index (χ4n) is 1.06. The molecular formula is C6H9F3N2O. The van der Waals surface area contributed by atoms with Gasteiger partial charge in [-0.1, -0.05) is 0 Å². The van der Waals surface area contributed by atoms with Crippen LogP contribution in [0.15, 0.2) is 0 Å². The van der Waals surface area contributed by atoms with Crippen molar-refractivity contribution >= 4 is 6.29 Å². The smallest absolute Gasteiger partial charge is 0.302 e. The second-order valence-corrected chi connectivity index (χ2v) is 3.05. The largest absolute Gasteiger partial charge is 0.407 e. The molecule has 2 atom stereocenters. The first-order chi connectivity index (χ1) is 5.39. The molecule has 6 heteroatoms. The minimum absolute atomic E-state index is 0.264. The molecule has 0 saturated carbocycles. The van der Waals surface area contributed by atoms with Crippen molar-refractivity contribution in [3.8, 4) is 0 Å². The van der Waals surface area contributed by atoms with Crippen LogP contribution < -0.4 is 10.9 Å². The van der Waals surface area contributed by atoms with Gasteiger partial charge in [-0.15, -0.1) is 0 Å². The summed E-state index contributed by atoms with van der Waals surface area (Å²) in [7, 11) is 0. The highest BCUT2D eigenvalue weighted by Crippen LogP contribution is 2.35. The van der Waals surface area contributed by atoms with Crippen LogP contribution >= 0.6 is 0 Å². The molecule has 0 aromatic heterocycles. The predicted octanol–water partition coefficient (Wildman–Crippen LogP) is 0.373. The number of hydrogen-bond donors (Lipinski definition) is 2. The van der Waals surface area contributed by atoms with Crippen molar-refractivity contribution in [2.24, 2.45) is 0 Å². The maximum Gasteiger partial charge on any atom is 0.407 e. The van der Waals surface area contributed by atoms with Gasteiger partial charge >= 0.3 is 6.18 Å². The SMILES string of the molecule is CC1(C(F)(F)F)CC(C=O)NN1. The van der Waals surface area contributed by atoms with Gasteiger partial charge in [0.05, 0.1) is 6.04 Å². The molecule has 0 aromatic rings. The molecule has 1 rings (SSSR count). The second kappa shape index (κ2) is 2.70. The van der Waals surface area contributed by atoms with Gasteiger partial charge in [0.1, 0.15) is 11.8 Å². The molecule has 0 aromatic carbocycles.